The Morgan fingerprint density at radius 2 is 2.24 bits per heavy atom. The number of carbonyl (C=O) groups is 1. The molecule has 4 nitrogen and oxygen atoms in total. The van der Waals surface area contributed by atoms with Crippen LogP contribution in [0.25, 0.3) is 0 Å². The predicted molar refractivity (Wildman–Crippen MR) is 65.0 cm³/mol. The Morgan fingerprint density at radius 1 is 1.47 bits per heavy atom. The monoisotopic (exact) mass is 305 g/mol. The normalized spacial score (nSPS) is 10.2. The third-order valence-electron chi connectivity index (χ3n) is 1.96. The van der Waals surface area contributed by atoms with E-state index in [9.17, 15) is 14.3 Å². The molecule has 0 aromatic heterocycles. The van der Waals surface area contributed by atoms with E-state index in [1.807, 2.05) is 0 Å². The molecule has 17 heavy (non-hydrogen) atoms. The summed E-state index contributed by atoms with van der Waals surface area (Å²) in [6.07, 6.45) is 0. The van der Waals surface area contributed by atoms with Crippen LogP contribution in [0.3, 0.4) is 0 Å². The van der Waals surface area contributed by atoms with Crippen molar-refractivity contribution in [2.24, 2.45) is 0 Å². The first kappa shape index (κ1) is 13.9. The van der Waals surface area contributed by atoms with Crippen molar-refractivity contribution in [3.05, 3.63) is 29.6 Å². The largest absolute Gasteiger partial charge is 0.507 e. The number of alkyl halides is 1. The van der Waals surface area contributed by atoms with Crippen molar-refractivity contribution in [1.29, 1.82) is 0 Å². The Labute approximate surface area is 107 Å². The lowest BCUT2D eigenvalue weighted by Crippen LogP contribution is -2.27. The number of phenols is 1. The highest BCUT2D eigenvalue weighted by Gasteiger charge is 2.11. The molecule has 1 rings (SSSR count). The number of hydrogen-bond donors (Lipinski definition) is 2. The zero-order chi connectivity index (χ0) is 12.7. The molecular weight excluding hydrogens is 293 g/mol. The van der Waals surface area contributed by atoms with Gasteiger partial charge in [-0.1, -0.05) is 15.9 Å². The number of benzene rings is 1. The molecule has 0 aliphatic heterocycles. The Balaban J connectivity index is 2.44. The van der Waals surface area contributed by atoms with Crippen molar-refractivity contribution < 1.29 is 19.0 Å². The highest BCUT2D eigenvalue weighted by atomic mass is 79.9. The van der Waals surface area contributed by atoms with Crippen LogP contribution in [0.1, 0.15) is 10.4 Å². The van der Waals surface area contributed by atoms with Crippen LogP contribution in [0.2, 0.25) is 0 Å². The zero-order valence-electron chi connectivity index (χ0n) is 9.08. The molecule has 0 saturated heterocycles. The van der Waals surface area contributed by atoms with Crippen LogP contribution in [0, 0.1) is 5.82 Å². The van der Waals surface area contributed by atoms with Crippen LogP contribution in [0.15, 0.2) is 18.2 Å². The van der Waals surface area contributed by atoms with Crippen molar-refractivity contribution in [1.82, 2.24) is 5.32 Å². The van der Waals surface area contributed by atoms with Gasteiger partial charge in [-0.3, -0.25) is 4.79 Å². The van der Waals surface area contributed by atoms with Crippen LogP contribution >= 0.6 is 15.9 Å². The van der Waals surface area contributed by atoms with Gasteiger partial charge in [0.2, 0.25) is 0 Å². The SMILES string of the molecule is O=C(NCCOCCBr)c1cc(F)ccc1O. The number of carbonyl (C=O) groups excluding carboxylic acids is 1. The number of rotatable bonds is 6. The molecule has 0 fully saturated rings. The first-order valence-electron chi connectivity index (χ1n) is 5.05. The maximum atomic E-state index is 12.9. The quantitative estimate of drug-likeness (QED) is 0.621. The minimum atomic E-state index is -0.566. The molecule has 94 valence electrons. The van der Waals surface area contributed by atoms with Gasteiger partial charge in [0.25, 0.3) is 5.91 Å². The number of amides is 1. The van der Waals surface area contributed by atoms with Gasteiger partial charge in [-0.05, 0) is 18.2 Å². The van der Waals surface area contributed by atoms with Crippen LogP contribution in [-0.4, -0.2) is 36.1 Å². The molecule has 0 heterocycles. The fourth-order valence-electron chi connectivity index (χ4n) is 1.18. The van der Waals surface area contributed by atoms with Crippen molar-refractivity contribution >= 4 is 21.8 Å². The molecule has 0 bridgehead atoms. The Kier molecular flexibility index (Phi) is 5.93. The zero-order valence-corrected chi connectivity index (χ0v) is 10.7. The van der Waals surface area contributed by atoms with E-state index in [0.717, 1.165) is 23.5 Å². The van der Waals surface area contributed by atoms with E-state index < -0.39 is 11.7 Å². The number of ether oxygens (including phenoxy) is 1. The molecule has 1 aromatic carbocycles. The van der Waals surface area contributed by atoms with Gasteiger partial charge in [0.1, 0.15) is 11.6 Å². The third-order valence-corrected chi connectivity index (χ3v) is 2.28. The summed E-state index contributed by atoms with van der Waals surface area (Å²) in [5.74, 6) is -1.33. The highest BCUT2D eigenvalue weighted by molar-refractivity contribution is 9.09. The maximum Gasteiger partial charge on any atom is 0.255 e. The Bertz CT molecular complexity index is 387. The van der Waals surface area contributed by atoms with E-state index in [1.165, 1.54) is 0 Å². The molecule has 6 heteroatoms. The van der Waals surface area contributed by atoms with E-state index in [4.69, 9.17) is 4.74 Å². The summed E-state index contributed by atoms with van der Waals surface area (Å²) in [5.41, 5.74) is -0.0782. The molecular formula is C11H13BrFNO3. The first-order chi connectivity index (χ1) is 8.15. The topological polar surface area (TPSA) is 58.6 Å². The molecule has 2 N–H and O–H groups in total. The van der Waals surface area contributed by atoms with Gasteiger partial charge in [0.05, 0.1) is 18.8 Å². The molecule has 0 aliphatic rings. The van der Waals surface area contributed by atoms with Crippen molar-refractivity contribution in [2.45, 2.75) is 0 Å². The molecule has 1 amide bonds. The van der Waals surface area contributed by atoms with E-state index in [2.05, 4.69) is 21.2 Å². The predicted octanol–water partition coefficient (Wildman–Crippen LogP) is 1.67. The number of nitrogens with one attached hydrogen (secondary N) is 1. The van der Waals surface area contributed by atoms with E-state index in [0.29, 0.717) is 19.8 Å². The smallest absolute Gasteiger partial charge is 0.255 e. The number of aromatic hydroxyl groups is 1. The van der Waals surface area contributed by atoms with E-state index in [-0.39, 0.29) is 11.3 Å². The maximum absolute atomic E-state index is 12.9. The second kappa shape index (κ2) is 7.24. The Hall–Kier alpha value is -1.14. The lowest BCUT2D eigenvalue weighted by molar-refractivity contribution is 0.0921. The molecule has 0 atom stereocenters. The minimum Gasteiger partial charge on any atom is -0.507 e. The second-order valence-electron chi connectivity index (χ2n) is 3.22. The van der Waals surface area contributed by atoms with Gasteiger partial charge in [0.15, 0.2) is 0 Å². The van der Waals surface area contributed by atoms with Gasteiger partial charge in [-0.25, -0.2) is 4.39 Å². The standard InChI is InChI=1S/C11H13BrFNO3/c12-3-5-17-6-4-14-11(16)9-7-8(13)1-2-10(9)15/h1-2,7,15H,3-6H2,(H,14,16). The van der Waals surface area contributed by atoms with E-state index >= 15 is 0 Å². The van der Waals surface area contributed by atoms with Gasteiger partial charge in [-0.15, -0.1) is 0 Å². The summed E-state index contributed by atoms with van der Waals surface area (Å²) in [5, 5.41) is 12.6. The van der Waals surface area contributed by atoms with Gasteiger partial charge in [-0.2, -0.15) is 0 Å². The van der Waals surface area contributed by atoms with Crippen LogP contribution < -0.4 is 5.32 Å². The fourth-order valence-corrected chi connectivity index (χ4v) is 1.41. The van der Waals surface area contributed by atoms with Crippen molar-refractivity contribution in [3.8, 4) is 5.75 Å². The average Bonchev–Trinajstić information content (AvgIpc) is 2.32. The summed E-state index contributed by atoms with van der Waals surface area (Å²) < 4.78 is 18.0. The summed E-state index contributed by atoms with van der Waals surface area (Å²) in [7, 11) is 0. The van der Waals surface area contributed by atoms with Crippen LogP contribution in [0.5, 0.6) is 5.75 Å². The first-order valence-corrected chi connectivity index (χ1v) is 6.17. The molecule has 0 aliphatic carbocycles. The molecule has 0 spiro atoms. The molecule has 0 saturated carbocycles. The van der Waals surface area contributed by atoms with Crippen molar-refractivity contribution in [3.63, 3.8) is 0 Å². The fraction of sp³-hybridized carbons (Fsp3) is 0.364. The second-order valence-corrected chi connectivity index (χ2v) is 4.01. The van der Waals surface area contributed by atoms with E-state index in [1.54, 1.807) is 0 Å². The number of phenolic OH excluding ortho intramolecular Hbond substituents is 1. The van der Waals surface area contributed by atoms with Gasteiger partial charge >= 0.3 is 0 Å². The van der Waals surface area contributed by atoms with Gasteiger partial charge in [0, 0.05) is 11.9 Å². The number of halogens is 2. The lowest BCUT2D eigenvalue weighted by Gasteiger charge is -2.07. The molecule has 0 radical (unpaired) electrons. The summed E-state index contributed by atoms with van der Waals surface area (Å²) in [6.45, 7) is 1.23. The third kappa shape index (κ3) is 4.70. The van der Waals surface area contributed by atoms with Crippen LogP contribution in [-0.2, 0) is 4.74 Å². The number of hydrogen-bond acceptors (Lipinski definition) is 3. The summed E-state index contributed by atoms with van der Waals surface area (Å²) in [4.78, 5) is 11.5. The lowest BCUT2D eigenvalue weighted by atomic mass is 10.2. The summed E-state index contributed by atoms with van der Waals surface area (Å²) in [6, 6.07) is 3.22. The van der Waals surface area contributed by atoms with Crippen molar-refractivity contribution in [2.75, 3.05) is 25.1 Å². The highest BCUT2D eigenvalue weighted by Crippen LogP contribution is 2.17. The summed E-state index contributed by atoms with van der Waals surface area (Å²) >= 11 is 3.20. The van der Waals surface area contributed by atoms with Crippen LogP contribution in [0.4, 0.5) is 4.39 Å². The molecule has 1 aromatic rings. The Morgan fingerprint density at radius 3 is 2.94 bits per heavy atom. The average molecular weight is 306 g/mol. The van der Waals surface area contributed by atoms with Gasteiger partial charge < -0.3 is 15.2 Å². The molecule has 0 unspecified atom stereocenters. The minimum absolute atomic E-state index is 0.0782.